The zero-order valence-corrected chi connectivity index (χ0v) is 12.7. The highest BCUT2D eigenvalue weighted by atomic mass is 32.2. The quantitative estimate of drug-likeness (QED) is 0.753. The van der Waals surface area contributed by atoms with Crippen LogP contribution in [0, 0.1) is 6.92 Å². The van der Waals surface area contributed by atoms with E-state index in [4.69, 9.17) is 0 Å². The zero-order chi connectivity index (χ0) is 15.0. The van der Waals surface area contributed by atoms with E-state index in [1.54, 1.807) is 30.5 Å². The number of para-hydroxylation sites is 1. The van der Waals surface area contributed by atoms with Gasteiger partial charge >= 0.3 is 0 Å². The van der Waals surface area contributed by atoms with Crippen molar-refractivity contribution in [2.45, 2.75) is 11.8 Å². The second-order valence-corrected chi connectivity index (χ2v) is 6.36. The number of carbonyl (C=O) groups excluding carboxylic acids is 1. The summed E-state index contributed by atoms with van der Waals surface area (Å²) in [5.41, 5.74) is 3.14. The van der Waals surface area contributed by atoms with Gasteiger partial charge in [0.05, 0.1) is 5.56 Å². The Labute approximate surface area is 125 Å². The summed E-state index contributed by atoms with van der Waals surface area (Å²) < 4.78 is 11.4. The smallest absolute Gasteiger partial charge is 0.195 e. The van der Waals surface area contributed by atoms with Crippen molar-refractivity contribution in [1.29, 1.82) is 0 Å². The monoisotopic (exact) mass is 297 g/mol. The van der Waals surface area contributed by atoms with Crippen molar-refractivity contribution in [2.75, 3.05) is 6.26 Å². The molecule has 3 nitrogen and oxygen atoms in total. The number of aromatic amines is 1. The Morgan fingerprint density at radius 2 is 1.71 bits per heavy atom. The number of fused-ring (bicyclic) bond motifs is 1. The number of rotatable bonds is 3. The third-order valence-electron chi connectivity index (χ3n) is 3.57. The first kappa shape index (κ1) is 13.8. The van der Waals surface area contributed by atoms with Crippen LogP contribution in [0.5, 0.6) is 0 Å². The lowest BCUT2D eigenvalue weighted by Crippen LogP contribution is -2.02. The van der Waals surface area contributed by atoms with Crippen LogP contribution in [0.2, 0.25) is 0 Å². The highest BCUT2D eigenvalue weighted by molar-refractivity contribution is 7.84. The van der Waals surface area contributed by atoms with E-state index in [-0.39, 0.29) is 5.78 Å². The summed E-state index contributed by atoms with van der Waals surface area (Å²) >= 11 is 0. The van der Waals surface area contributed by atoms with Crippen LogP contribution in [0.25, 0.3) is 10.9 Å². The van der Waals surface area contributed by atoms with Gasteiger partial charge in [0.1, 0.15) is 0 Å². The second kappa shape index (κ2) is 5.30. The molecule has 1 atom stereocenters. The molecule has 4 heteroatoms. The number of nitrogens with one attached hydrogen (secondary N) is 1. The minimum Gasteiger partial charge on any atom is -0.358 e. The molecule has 106 valence electrons. The largest absolute Gasteiger partial charge is 0.358 e. The molecule has 0 saturated carbocycles. The molecule has 0 aliphatic rings. The van der Waals surface area contributed by atoms with Crippen LogP contribution in [0.15, 0.2) is 53.4 Å². The van der Waals surface area contributed by atoms with Gasteiger partial charge in [0.25, 0.3) is 0 Å². The van der Waals surface area contributed by atoms with Crippen molar-refractivity contribution in [1.82, 2.24) is 4.98 Å². The minimum absolute atomic E-state index is 0.0154. The van der Waals surface area contributed by atoms with Crippen molar-refractivity contribution < 1.29 is 9.00 Å². The summed E-state index contributed by atoms with van der Waals surface area (Å²) in [6.45, 7) is 1.91. The SMILES string of the molecule is Cc1[nH]c2ccccc2c1C(=O)c1ccc(S(C)=O)cc1. The molecule has 0 saturated heterocycles. The normalized spacial score (nSPS) is 12.5. The number of hydrogen-bond acceptors (Lipinski definition) is 2. The molecule has 0 bridgehead atoms. The summed E-state index contributed by atoms with van der Waals surface area (Å²) in [5, 5.41) is 0.933. The predicted octanol–water partition coefficient (Wildman–Crippen LogP) is 3.44. The van der Waals surface area contributed by atoms with Crippen LogP contribution >= 0.6 is 0 Å². The molecule has 0 radical (unpaired) electrons. The molecular formula is C17H15NO2S. The van der Waals surface area contributed by atoms with E-state index in [1.165, 1.54) is 0 Å². The molecule has 3 aromatic rings. The molecule has 2 aromatic carbocycles. The van der Waals surface area contributed by atoms with E-state index < -0.39 is 10.8 Å². The van der Waals surface area contributed by atoms with E-state index >= 15 is 0 Å². The lowest BCUT2D eigenvalue weighted by Gasteiger charge is -2.03. The maximum absolute atomic E-state index is 12.7. The highest BCUT2D eigenvalue weighted by Gasteiger charge is 2.17. The summed E-state index contributed by atoms with van der Waals surface area (Å²) in [6, 6.07) is 14.7. The fraction of sp³-hybridized carbons (Fsp3) is 0.118. The molecule has 3 rings (SSSR count). The summed E-state index contributed by atoms with van der Waals surface area (Å²) in [4.78, 5) is 16.7. The molecule has 1 heterocycles. The van der Waals surface area contributed by atoms with E-state index in [0.29, 0.717) is 11.1 Å². The second-order valence-electron chi connectivity index (χ2n) is 4.98. The van der Waals surface area contributed by atoms with Gasteiger partial charge in [0.2, 0.25) is 0 Å². The molecule has 0 fully saturated rings. The van der Waals surface area contributed by atoms with Crippen molar-refractivity contribution in [2.24, 2.45) is 0 Å². The maximum atomic E-state index is 12.7. The van der Waals surface area contributed by atoms with E-state index in [1.807, 2.05) is 31.2 Å². The molecule has 1 N–H and O–H groups in total. The maximum Gasteiger partial charge on any atom is 0.195 e. The van der Waals surface area contributed by atoms with Gasteiger partial charge in [-0.3, -0.25) is 9.00 Å². The molecule has 0 aliphatic heterocycles. The van der Waals surface area contributed by atoms with Gasteiger partial charge < -0.3 is 4.98 Å². The van der Waals surface area contributed by atoms with Gasteiger partial charge in [-0.2, -0.15) is 0 Å². The Morgan fingerprint density at radius 1 is 1.05 bits per heavy atom. The highest BCUT2D eigenvalue weighted by Crippen LogP contribution is 2.24. The third-order valence-corrected chi connectivity index (χ3v) is 4.51. The van der Waals surface area contributed by atoms with E-state index in [9.17, 15) is 9.00 Å². The number of aryl methyl sites for hydroxylation is 1. The van der Waals surface area contributed by atoms with Crippen molar-refractivity contribution in [3.05, 3.63) is 65.4 Å². The zero-order valence-electron chi connectivity index (χ0n) is 11.8. The predicted molar refractivity (Wildman–Crippen MR) is 85.2 cm³/mol. The van der Waals surface area contributed by atoms with Gasteiger partial charge in [0, 0.05) is 44.1 Å². The van der Waals surface area contributed by atoms with Crippen LogP contribution in [-0.4, -0.2) is 21.2 Å². The number of hydrogen-bond donors (Lipinski definition) is 1. The fourth-order valence-electron chi connectivity index (χ4n) is 2.51. The Kier molecular flexibility index (Phi) is 3.47. The molecule has 0 aliphatic carbocycles. The van der Waals surface area contributed by atoms with Crippen LogP contribution in [0.1, 0.15) is 21.6 Å². The van der Waals surface area contributed by atoms with Gasteiger partial charge in [0.15, 0.2) is 5.78 Å². The van der Waals surface area contributed by atoms with Crippen molar-refractivity contribution in [3.8, 4) is 0 Å². The van der Waals surface area contributed by atoms with Crippen LogP contribution in [-0.2, 0) is 10.8 Å². The molecule has 0 spiro atoms. The molecule has 1 unspecified atom stereocenters. The number of benzene rings is 2. The molecule has 1 aromatic heterocycles. The van der Waals surface area contributed by atoms with Gasteiger partial charge in [-0.05, 0) is 37.3 Å². The van der Waals surface area contributed by atoms with Crippen LogP contribution in [0.4, 0.5) is 0 Å². The first-order chi connectivity index (χ1) is 10.1. The van der Waals surface area contributed by atoms with Crippen LogP contribution in [0.3, 0.4) is 0 Å². The summed E-state index contributed by atoms with van der Waals surface area (Å²) in [6.07, 6.45) is 1.63. The fourth-order valence-corrected chi connectivity index (χ4v) is 3.03. The third kappa shape index (κ3) is 2.43. The number of aromatic nitrogens is 1. The minimum atomic E-state index is -1.03. The summed E-state index contributed by atoms with van der Waals surface area (Å²) in [7, 11) is -1.03. The van der Waals surface area contributed by atoms with Gasteiger partial charge in [-0.25, -0.2) is 0 Å². The number of carbonyl (C=O) groups is 1. The number of ketones is 1. The first-order valence-corrected chi connectivity index (χ1v) is 8.19. The Balaban J connectivity index is 2.08. The lowest BCUT2D eigenvalue weighted by atomic mass is 10.0. The average Bonchev–Trinajstić information content (AvgIpc) is 2.82. The van der Waals surface area contributed by atoms with Crippen molar-refractivity contribution in [3.63, 3.8) is 0 Å². The Bertz CT molecular complexity index is 847. The Hall–Kier alpha value is -2.20. The van der Waals surface area contributed by atoms with Gasteiger partial charge in [-0.15, -0.1) is 0 Å². The number of H-pyrrole nitrogens is 1. The van der Waals surface area contributed by atoms with E-state index in [0.717, 1.165) is 21.5 Å². The Morgan fingerprint density at radius 3 is 2.38 bits per heavy atom. The lowest BCUT2D eigenvalue weighted by molar-refractivity contribution is 0.103. The van der Waals surface area contributed by atoms with E-state index in [2.05, 4.69) is 4.98 Å². The topological polar surface area (TPSA) is 49.9 Å². The standard InChI is InChI=1S/C17H15NO2S/c1-11-16(14-5-3-4-6-15(14)18-11)17(19)12-7-9-13(10-8-12)21(2)20/h3-10,18H,1-2H3. The first-order valence-electron chi connectivity index (χ1n) is 6.63. The van der Waals surface area contributed by atoms with Gasteiger partial charge in [-0.1, -0.05) is 18.2 Å². The van der Waals surface area contributed by atoms with Crippen molar-refractivity contribution >= 4 is 27.5 Å². The average molecular weight is 297 g/mol. The molecule has 0 amide bonds. The van der Waals surface area contributed by atoms with Crippen LogP contribution < -0.4 is 0 Å². The summed E-state index contributed by atoms with van der Waals surface area (Å²) in [5.74, 6) is -0.0154. The molecule has 21 heavy (non-hydrogen) atoms. The molecular weight excluding hydrogens is 282 g/mol.